The molecule has 1 nitrogen and oxygen atoms in total. The minimum Gasteiger partial charge on any atom is -0.289 e. The fraction of sp³-hybridized carbons (Fsp3) is 0.118. The lowest BCUT2D eigenvalue weighted by Crippen LogP contribution is -1.95. The molecule has 0 N–H and O–H groups in total. The molecule has 1 aliphatic rings. The van der Waals surface area contributed by atoms with Gasteiger partial charge in [0.15, 0.2) is 5.78 Å². The van der Waals surface area contributed by atoms with Gasteiger partial charge in [0.2, 0.25) is 0 Å². The van der Waals surface area contributed by atoms with E-state index in [0.29, 0.717) is 12.3 Å². The van der Waals surface area contributed by atoms with Crippen molar-refractivity contribution in [3.63, 3.8) is 0 Å². The number of rotatable bonds is 1. The van der Waals surface area contributed by atoms with Crippen LogP contribution in [0.2, 0.25) is 0 Å². The van der Waals surface area contributed by atoms with Crippen molar-refractivity contribution in [3.05, 3.63) is 59.2 Å². The average molecular weight is 267 g/mol. The molecule has 1 aliphatic carbocycles. The van der Waals surface area contributed by atoms with Crippen molar-refractivity contribution in [2.75, 3.05) is 5.88 Å². The van der Waals surface area contributed by atoms with Crippen LogP contribution in [-0.2, 0) is 0 Å². The number of fused-ring (bicyclic) bond motifs is 3. The van der Waals surface area contributed by atoms with Crippen molar-refractivity contribution in [2.45, 2.75) is 6.42 Å². The number of carbonyl (C=O) groups is 1. The number of benzene rings is 2. The molecule has 0 fully saturated rings. The van der Waals surface area contributed by atoms with Gasteiger partial charge in [-0.15, -0.1) is 11.6 Å². The molecular formula is C17H11ClO. The summed E-state index contributed by atoms with van der Waals surface area (Å²) in [5.41, 5.74) is 4.42. The van der Waals surface area contributed by atoms with E-state index in [1.165, 1.54) is 0 Å². The van der Waals surface area contributed by atoms with Crippen molar-refractivity contribution >= 4 is 17.4 Å². The summed E-state index contributed by atoms with van der Waals surface area (Å²) in [4.78, 5) is 12.3. The minimum absolute atomic E-state index is 0.0894. The molecule has 0 amide bonds. The maximum absolute atomic E-state index is 12.3. The van der Waals surface area contributed by atoms with Crippen molar-refractivity contribution in [1.82, 2.24) is 0 Å². The number of hydrogen-bond donors (Lipinski definition) is 0. The Hall–Kier alpha value is -2.04. The second kappa shape index (κ2) is 4.91. The summed E-state index contributed by atoms with van der Waals surface area (Å²) in [6.07, 6.45) is 0.660. The highest BCUT2D eigenvalue weighted by Crippen LogP contribution is 2.36. The Balaban J connectivity index is 2.06. The molecule has 2 aromatic rings. The largest absolute Gasteiger partial charge is 0.289 e. The topological polar surface area (TPSA) is 17.1 Å². The highest BCUT2D eigenvalue weighted by Gasteiger charge is 2.25. The molecule has 0 atom stereocenters. The van der Waals surface area contributed by atoms with E-state index in [-0.39, 0.29) is 5.78 Å². The first-order valence-corrected chi connectivity index (χ1v) is 6.67. The molecule has 0 radical (unpaired) electrons. The molecule has 0 heterocycles. The van der Waals surface area contributed by atoms with Crippen molar-refractivity contribution in [1.29, 1.82) is 0 Å². The van der Waals surface area contributed by atoms with E-state index in [1.54, 1.807) is 0 Å². The number of ketones is 1. The normalized spacial score (nSPS) is 11.5. The molecule has 92 valence electrons. The molecule has 0 bridgehead atoms. The van der Waals surface area contributed by atoms with Gasteiger partial charge in [0.25, 0.3) is 0 Å². The van der Waals surface area contributed by atoms with Gasteiger partial charge in [0.05, 0.1) is 0 Å². The van der Waals surface area contributed by atoms with E-state index < -0.39 is 0 Å². The standard InChI is InChI=1S/C17H11ClO/c18-10-4-3-5-12-8-9-14-13-6-1-2-7-15(13)17(19)16(14)11-12/h1-2,6-9,11H,4,10H2. The van der Waals surface area contributed by atoms with Gasteiger partial charge in [-0.05, 0) is 23.3 Å². The Kier molecular flexibility index (Phi) is 3.11. The molecule has 0 saturated carbocycles. The van der Waals surface area contributed by atoms with Crippen LogP contribution < -0.4 is 0 Å². The third-order valence-corrected chi connectivity index (χ3v) is 3.37. The Bertz CT molecular complexity index is 720. The second-order valence-electron chi connectivity index (χ2n) is 4.38. The SMILES string of the molecule is O=C1c2ccccc2-c2ccc(C#CCCCl)cc21. The molecule has 2 aromatic carbocycles. The van der Waals surface area contributed by atoms with Gasteiger partial charge in [-0.1, -0.05) is 42.2 Å². The van der Waals surface area contributed by atoms with Gasteiger partial charge in [-0.25, -0.2) is 0 Å². The van der Waals surface area contributed by atoms with Gasteiger partial charge in [-0.2, -0.15) is 0 Å². The molecule has 0 spiro atoms. The predicted octanol–water partition coefficient (Wildman–Crippen LogP) is 3.88. The number of hydrogen-bond acceptors (Lipinski definition) is 1. The lowest BCUT2D eigenvalue weighted by molar-refractivity contribution is 0.104. The zero-order chi connectivity index (χ0) is 13.2. The Morgan fingerprint density at radius 2 is 1.68 bits per heavy atom. The van der Waals surface area contributed by atoms with Crippen LogP contribution in [0, 0.1) is 11.8 Å². The molecule has 0 aliphatic heterocycles. The number of alkyl halides is 1. The lowest BCUT2D eigenvalue weighted by atomic mass is 10.0. The highest BCUT2D eigenvalue weighted by molar-refractivity contribution is 6.21. The molecule has 3 rings (SSSR count). The third kappa shape index (κ3) is 2.05. The summed E-state index contributed by atoms with van der Waals surface area (Å²) in [5, 5.41) is 0. The van der Waals surface area contributed by atoms with Gasteiger partial charge >= 0.3 is 0 Å². The molecule has 0 aromatic heterocycles. The van der Waals surface area contributed by atoms with Gasteiger partial charge in [-0.3, -0.25) is 4.79 Å². The van der Waals surface area contributed by atoms with E-state index in [0.717, 1.165) is 27.8 Å². The monoisotopic (exact) mass is 266 g/mol. The second-order valence-corrected chi connectivity index (χ2v) is 4.75. The Morgan fingerprint density at radius 3 is 2.47 bits per heavy atom. The average Bonchev–Trinajstić information content (AvgIpc) is 2.73. The van der Waals surface area contributed by atoms with Crippen LogP contribution in [-0.4, -0.2) is 11.7 Å². The van der Waals surface area contributed by atoms with Gasteiger partial charge in [0, 0.05) is 29.0 Å². The van der Waals surface area contributed by atoms with Crippen molar-refractivity contribution < 1.29 is 4.79 Å². The van der Waals surface area contributed by atoms with Gasteiger partial charge in [0.1, 0.15) is 0 Å². The molecule has 2 heteroatoms. The van der Waals surface area contributed by atoms with Crippen LogP contribution in [0.1, 0.15) is 27.9 Å². The summed E-state index contributed by atoms with van der Waals surface area (Å²) >= 11 is 5.59. The van der Waals surface area contributed by atoms with Crippen LogP contribution >= 0.6 is 11.6 Å². The Morgan fingerprint density at radius 1 is 0.947 bits per heavy atom. The summed E-state index contributed by atoms with van der Waals surface area (Å²) in [6, 6.07) is 13.5. The predicted molar refractivity (Wildman–Crippen MR) is 77.5 cm³/mol. The van der Waals surface area contributed by atoms with E-state index in [1.807, 2.05) is 42.5 Å². The summed E-state index contributed by atoms with van der Waals surface area (Å²) in [7, 11) is 0. The van der Waals surface area contributed by atoms with Crippen molar-refractivity contribution in [2.24, 2.45) is 0 Å². The molecular weight excluding hydrogens is 256 g/mol. The summed E-state index contributed by atoms with van der Waals surface area (Å²) < 4.78 is 0. The highest BCUT2D eigenvalue weighted by atomic mass is 35.5. The molecule has 19 heavy (non-hydrogen) atoms. The zero-order valence-corrected chi connectivity index (χ0v) is 11.0. The minimum atomic E-state index is 0.0894. The van der Waals surface area contributed by atoms with Gasteiger partial charge < -0.3 is 0 Å². The Labute approximate surface area is 117 Å². The van der Waals surface area contributed by atoms with E-state index in [4.69, 9.17) is 11.6 Å². The first-order chi connectivity index (χ1) is 9.31. The fourth-order valence-electron chi connectivity index (χ4n) is 2.32. The number of halogens is 1. The van der Waals surface area contributed by atoms with E-state index in [2.05, 4.69) is 11.8 Å². The fourth-order valence-corrected chi connectivity index (χ4v) is 2.41. The van der Waals surface area contributed by atoms with Crippen molar-refractivity contribution in [3.8, 4) is 23.0 Å². The maximum Gasteiger partial charge on any atom is 0.194 e. The first-order valence-electron chi connectivity index (χ1n) is 6.14. The lowest BCUT2D eigenvalue weighted by Gasteiger charge is -1.99. The third-order valence-electron chi connectivity index (χ3n) is 3.18. The summed E-state index contributed by atoms with van der Waals surface area (Å²) in [6.45, 7) is 0. The molecule has 0 saturated heterocycles. The summed E-state index contributed by atoms with van der Waals surface area (Å²) in [5.74, 6) is 6.64. The quantitative estimate of drug-likeness (QED) is 0.483. The van der Waals surface area contributed by atoms with Crippen LogP contribution in [0.15, 0.2) is 42.5 Å². The van der Waals surface area contributed by atoms with Crippen LogP contribution in [0.3, 0.4) is 0 Å². The van der Waals surface area contributed by atoms with Crippen LogP contribution in [0.4, 0.5) is 0 Å². The van der Waals surface area contributed by atoms with E-state index in [9.17, 15) is 4.79 Å². The number of carbonyl (C=O) groups excluding carboxylic acids is 1. The molecule has 0 unspecified atom stereocenters. The van der Waals surface area contributed by atoms with Crippen LogP contribution in [0.25, 0.3) is 11.1 Å². The zero-order valence-electron chi connectivity index (χ0n) is 10.2. The first kappa shape index (κ1) is 12.0. The maximum atomic E-state index is 12.3. The van der Waals surface area contributed by atoms with E-state index >= 15 is 0 Å². The van der Waals surface area contributed by atoms with Crippen LogP contribution in [0.5, 0.6) is 0 Å². The smallest absolute Gasteiger partial charge is 0.194 e.